The monoisotopic (exact) mass is 367 g/mol. The van der Waals surface area contributed by atoms with Gasteiger partial charge in [-0.05, 0) is 28.8 Å². The van der Waals surface area contributed by atoms with Crippen molar-refractivity contribution in [1.29, 1.82) is 0 Å². The molecule has 4 rings (SSSR count). The Balaban J connectivity index is 1.80. The fourth-order valence-electron chi connectivity index (χ4n) is 3.00. The molecule has 0 radical (unpaired) electrons. The van der Waals surface area contributed by atoms with Crippen LogP contribution in [0.2, 0.25) is 0 Å². The smallest absolute Gasteiger partial charge is 0.382 e. The van der Waals surface area contributed by atoms with E-state index in [1.807, 2.05) is 54.6 Å². The first-order valence-electron chi connectivity index (χ1n) is 8.11. The quantitative estimate of drug-likeness (QED) is 0.766. The Morgan fingerprint density at radius 2 is 1.58 bits per heavy atom. The Bertz CT molecular complexity index is 1050. The molecule has 26 heavy (non-hydrogen) atoms. The van der Waals surface area contributed by atoms with Crippen LogP contribution in [0.1, 0.15) is 5.56 Å². The van der Waals surface area contributed by atoms with Gasteiger partial charge in [-0.2, -0.15) is 13.1 Å². The van der Waals surface area contributed by atoms with E-state index in [4.69, 9.17) is 8.92 Å². The predicted octanol–water partition coefficient (Wildman–Crippen LogP) is 3.76. The molecule has 0 saturated carbocycles. The maximum absolute atomic E-state index is 11.8. The second-order valence-corrected chi connectivity index (χ2v) is 7.33. The number of hydrogen-bond acceptors (Lipinski definition) is 4. The van der Waals surface area contributed by atoms with Gasteiger partial charge in [-0.1, -0.05) is 54.6 Å². The first-order chi connectivity index (χ1) is 12.6. The zero-order chi connectivity index (χ0) is 18.1. The Kier molecular flexibility index (Phi) is 4.14. The maximum atomic E-state index is 11.8. The molecule has 0 amide bonds. The van der Waals surface area contributed by atoms with Crippen LogP contribution in [0.25, 0.3) is 22.3 Å². The van der Waals surface area contributed by atoms with Crippen molar-refractivity contribution < 1.29 is 17.3 Å². The third kappa shape index (κ3) is 3.16. The van der Waals surface area contributed by atoms with E-state index < -0.39 is 10.3 Å². The van der Waals surface area contributed by atoms with Gasteiger partial charge in [0.05, 0.1) is 7.11 Å². The molecule has 3 aromatic rings. The van der Waals surface area contributed by atoms with Crippen LogP contribution in [0, 0.1) is 0 Å². The number of hydrogen-bond donors (Lipinski definition) is 1. The Labute approximate surface area is 152 Å². The summed E-state index contributed by atoms with van der Waals surface area (Å²) in [5.74, 6) is 0.993. The summed E-state index contributed by atoms with van der Waals surface area (Å²) in [7, 11) is -2.21. The third-order valence-corrected chi connectivity index (χ3v) is 5.19. The second kappa shape index (κ2) is 6.48. The zero-order valence-corrected chi connectivity index (χ0v) is 14.9. The molecular formula is C20H17NO4S. The predicted molar refractivity (Wildman–Crippen MR) is 100 cm³/mol. The zero-order valence-electron chi connectivity index (χ0n) is 14.1. The molecule has 132 valence electrons. The van der Waals surface area contributed by atoms with Gasteiger partial charge in [-0.25, -0.2) is 0 Å². The summed E-state index contributed by atoms with van der Waals surface area (Å²) >= 11 is 0. The number of nitrogens with one attached hydrogen (secondary N) is 1. The molecule has 0 fully saturated rings. The highest BCUT2D eigenvalue weighted by Gasteiger charge is 2.26. The van der Waals surface area contributed by atoms with E-state index in [2.05, 4.69) is 4.72 Å². The lowest BCUT2D eigenvalue weighted by atomic mass is 9.98. The van der Waals surface area contributed by atoms with Crippen LogP contribution in [-0.2, 0) is 16.8 Å². The molecule has 0 saturated heterocycles. The van der Waals surface area contributed by atoms with E-state index in [9.17, 15) is 8.42 Å². The van der Waals surface area contributed by atoms with E-state index in [1.165, 1.54) is 0 Å². The molecule has 1 aliphatic rings. The summed E-state index contributed by atoms with van der Waals surface area (Å²) < 4.78 is 36.6. The minimum Gasteiger partial charge on any atom is -0.497 e. The van der Waals surface area contributed by atoms with Gasteiger partial charge in [0.2, 0.25) is 0 Å². The average molecular weight is 367 g/mol. The molecule has 0 spiro atoms. The van der Waals surface area contributed by atoms with Crippen molar-refractivity contribution in [3.8, 4) is 33.8 Å². The number of methoxy groups -OCH3 is 1. The molecular weight excluding hydrogens is 350 g/mol. The summed E-state index contributed by atoms with van der Waals surface area (Å²) in [4.78, 5) is 0. The van der Waals surface area contributed by atoms with Crippen molar-refractivity contribution >= 4 is 10.3 Å². The lowest BCUT2D eigenvalue weighted by Gasteiger charge is -2.21. The van der Waals surface area contributed by atoms with Crippen LogP contribution < -0.4 is 13.6 Å². The molecule has 3 aromatic carbocycles. The first-order valence-corrected chi connectivity index (χ1v) is 9.52. The topological polar surface area (TPSA) is 64.6 Å². The van der Waals surface area contributed by atoms with Crippen LogP contribution in [0.4, 0.5) is 0 Å². The molecule has 1 heterocycles. The average Bonchev–Trinajstić information content (AvgIpc) is 2.67. The largest absolute Gasteiger partial charge is 0.497 e. The Morgan fingerprint density at radius 3 is 2.27 bits per heavy atom. The van der Waals surface area contributed by atoms with Crippen LogP contribution in [-0.4, -0.2) is 15.5 Å². The molecule has 1 aliphatic heterocycles. The van der Waals surface area contributed by atoms with Crippen molar-refractivity contribution in [2.24, 2.45) is 0 Å². The van der Waals surface area contributed by atoms with Crippen LogP contribution in [0.15, 0.2) is 66.7 Å². The third-order valence-electron chi connectivity index (χ3n) is 4.31. The van der Waals surface area contributed by atoms with Gasteiger partial charge in [0, 0.05) is 17.7 Å². The highest BCUT2D eigenvalue weighted by Crippen LogP contribution is 2.40. The summed E-state index contributed by atoms with van der Waals surface area (Å²) in [5, 5.41) is 0. The normalized spacial score (nSPS) is 15.0. The summed E-state index contributed by atoms with van der Waals surface area (Å²) in [6.07, 6.45) is 0. The highest BCUT2D eigenvalue weighted by molar-refractivity contribution is 7.85. The van der Waals surface area contributed by atoms with Crippen LogP contribution in [0.3, 0.4) is 0 Å². The number of ether oxygens (including phenoxy) is 1. The first kappa shape index (κ1) is 16.6. The maximum Gasteiger partial charge on any atom is 0.382 e. The van der Waals surface area contributed by atoms with E-state index in [0.29, 0.717) is 17.1 Å². The van der Waals surface area contributed by atoms with Gasteiger partial charge in [-0.3, -0.25) is 0 Å². The van der Waals surface area contributed by atoms with Crippen molar-refractivity contribution in [3.05, 3.63) is 72.3 Å². The van der Waals surface area contributed by atoms with Crippen molar-refractivity contribution in [2.45, 2.75) is 6.54 Å². The molecule has 0 atom stereocenters. The van der Waals surface area contributed by atoms with Crippen LogP contribution in [0.5, 0.6) is 11.5 Å². The summed E-state index contributed by atoms with van der Waals surface area (Å²) in [5.41, 5.74) is 4.48. The molecule has 6 heteroatoms. The van der Waals surface area contributed by atoms with Gasteiger partial charge in [0.25, 0.3) is 0 Å². The molecule has 0 bridgehead atoms. The van der Waals surface area contributed by atoms with Crippen molar-refractivity contribution in [2.75, 3.05) is 7.11 Å². The summed E-state index contributed by atoms with van der Waals surface area (Å²) in [6.45, 7) is 0.171. The summed E-state index contributed by atoms with van der Waals surface area (Å²) in [6, 6.07) is 21.5. The molecule has 0 aromatic heterocycles. The number of rotatable bonds is 3. The van der Waals surface area contributed by atoms with E-state index in [1.54, 1.807) is 19.2 Å². The van der Waals surface area contributed by atoms with E-state index in [0.717, 1.165) is 22.3 Å². The van der Waals surface area contributed by atoms with Gasteiger partial charge >= 0.3 is 10.3 Å². The molecule has 0 unspecified atom stereocenters. The minimum absolute atomic E-state index is 0.171. The fraction of sp³-hybridized carbons (Fsp3) is 0.100. The van der Waals surface area contributed by atoms with Gasteiger partial charge < -0.3 is 8.92 Å². The number of benzene rings is 3. The standard InChI is InChI=1S/C20H17NO4S/c1-24-18-11-17-13-21-26(22,23)25-20(17)19(12-18)16-9-7-15(8-10-16)14-5-3-2-4-6-14/h2-12,21H,13H2,1H3. The van der Waals surface area contributed by atoms with E-state index >= 15 is 0 Å². The fourth-order valence-corrected chi connectivity index (χ4v) is 3.81. The SMILES string of the molecule is COc1cc2c(c(-c3ccc(-c4ccccc4)cc3)c1)OS(=O)(=O)NC2. The van der Waals surface area contributed by atoms with Gasteiger partial charge in [0.1, 0.15) is 5.75 Å². The second-order valence-electron chi connectivity index (χ2n) is 5.97. The lowest BCUT2D eigenvalue weighted by Crippen LogP contribution is -2.32. The Hall–Kier alpha value is -2.83. The van der Waals surface area contributed by atoms with Crippen molar-refractivity contribution in [3.63, 3.8) is 0 Å². The molecule has 5 nitrogen and oxygen atoms in total. The minimum atomic E-state index is -3.79. The highest BCUT2D eigenvalue weighted by atomic mass is 32.2. The van der Waals surface area contributed by atoms with Gasteiger partial charge in [0.15, 0.2) is 5.75 Å². The molecule has 1 N–H and O–H groups in total. The van der Waals surface area contributed by atoms with Crippen LogP contribution >= 0.6 is 0 Å². The molecule has 0 aliphatic carbocycles. The number of fused-ring (bicyclic) bond motifs is 1. The van der Waals surface area contributed by atoms with Crippen molar-refractivity contribution in [1.82, 2.24) is 4.72 Å². The van der Waals surface area contributed by atoms with Gasteiger partial charge in [-0.15, -0.1) is 0 Å². The lowest BCUT2D eigenvalue weighted by molar-refractivity contribution is 0.411. The van der Waals surface area contributed by atoms with E-state index in [-0.39, 0.29) is 6.54 Å². The Morgan fingerprint density at radius 1 is 0.923 bits per heavy atom.